The number of ketones is 1. The number of rotatable bonds is 8. The van der Waals surface area contributed by atoms with Gasteiger partial charge < -0.3 is 9.84 Å². The number of Topliss-reactive ketones (excluding diaryl/α,β-unsaturated/α-hetero) is 1. The molecule has 0 heterocycles. The number of benzene rings is 1. The molecule has 0 saturated heterocycles. The molecule has 1 aromatic rings. The van der Waals surface area contributed by atoms with Crippen LogP contribution in [0, 0.1) is 0 Å². The minimum atomic E-state index is 0.0489. The molecule has 3 nitrogen and oxygen atoms in total. The van der Waals surface area contributed by atoms with E-state index in [4.69, 9.17) is 9.84 Å². The zero-order valence-corrected chi connectivity index (χ0v) is 11.8. The van der Waals surface area contributed by atoms with Crippen LogP contribution >= 0.6 is 11.8 Å². The Kier molecular flexibility index (Phi) is 6.83. The molecule has 0 fully saturated rings. The Hall–Kier alpha value is -1.00. The zero-order chi connectivity index (χ0) is 13.4. The summed E-state index contributed by atoms with van der Waals surface area (Å²) in [7, 11) is 1.62. The van der Waals surface area contributed by atoms with E-state index in [1.165, 1.54) is 0 Å². The van der Waals surface area contributed by atoms with Gasteiger partial charge in [-0.05, 0) is 37.7 Å². The van der Waals surface area contributed by atoms with E-state index >= 15 is 0 Å². The lowest BCUT2D eigenvalue weighted by Gasteiger charge is -2.09. The summed E-state index contributed by atoms with van der Waals surface area (Å²) in [5.74, 6) is 1.80. The second-order valence-electron chi connectivity index (χ2n) is 4.05. The van der Waals surface area contributed by atoms with Gasteiger partial charge >= 0.3 is 0 Å². The second kappa shape index (κ2) is 8.16. The van der Waals surface area contributed by atoms with Crippen molar-refractivity contribution in [2.75, 3.05) is 19.5 Å². The fourth-order valence-corrected chi connectivity index (χ4v) is 2.60. The van der Waals surface area contributed by atoms with E-state index < -0.39 is 0 Å². The highest BCUT2D eigenvalue weighted by atomic mass is 32.2. The standard InChI is InChI=1S/C14H20O3S/c1-11(16)12-6-7-14(13(10-12)17-2)18-9-5-3-4-8-15/h6-7,10,15H,3-5,8-9H2,1-2H3. The third-order valence-corrected chi connectivity index (χ3v) is 3.77. The van der Waals surface area contributed by atoms with Crippen molar-refractivity contribution in [1.82, 2.24) is 0 Å². The van der Waals surface area contributed by atoms with Crippen molar-refractivity contribution in [2.45, 2.75) is 31.1 Å². The molecule has 18 heavy (non-hydrogen) atoms. The Morgan fingerprint density at radius 1 is 1.33 bits per heavy atom. The molecule has 100 valence electrons. The summed E-state index contributed by atoms with van der Waals surface area (Å²) >= 11 is 1.72. The van der Waals surface area contributed by atoms with Crippen LogP contribution in [0.2, 0.25) is 0 Å². The van der Waals surface area contributed by atoms with Gasteiger partial charge in [0, 0.05) is 17.1 Å². The topological polar surface area (TPSA) is 46.5 Å². The zero-order valence-electron chi connectivity index (χ0n) is 10.9. The van der Waals surface area contributed by atoms with E-state index in [9.17, 15) is 4.79 Å². The summed E-state index contributed by atoms with van der Waals surface area (Å²) in [5.41, 5.74) is 0.677. The lowest BCUT2D eigenvalue weighted by atomic mass is 10.1. The average Bonchev–Trinajstić information content (AvgIpc) is 2.38. The fourth-order valence-electron chi connectivity index (χ4n) is 1.58. The maximum Gasteiger partial charge on any atom is 0.159 e. The van der Waals surface area contributed by atoms with Gasteiger partial charge in [0.1, 0.15) is 5.75 Å². The molecule has 0 atom stereocenters. The number of hydrogen-bond acceptors (Lipinski definition) is 4. The van der Waals surface area contributed by atoms with Crippen molar-refractivity contribution >= 4 is 17.5 Å². The van der Waals surface area contributed by atoms with Crippen molar-refractivity contribution in [2.24, 2.45) is 0 Å². The first-order chi connectivity index (χ1) is 8.69. The van der Waals surface area contributed by atoms with Gasteiger partial charge in [0.2, 0.25) is 0 Å². The number of unbranched alkanes of at least 4 members (excludes halogenated alkanes) is 2. The number of carbonyl (C=O) groups is 1. The van der Waals surface area contributed by atoms with Gasteiger partial charge in [-0.15, -0.1) is 11.8 Å². The molecular weight excluding hydrogens is 248 g/mol. The average molecular weight is 268 g/mol. The van der Waals surface area contributed by atoms with Gasteiger partial charge in [0.25, 0.3) is 0 Å². The van der Waals surface area contributed by atoms with Crippen LogP contribution in [-0.2, 0) is 0 Å². The van der Waals surface area contributed by atoms with E-state index in [1.807, 2.05) is 12.1 Å². The number of hydrogen-bond donors (Lipinski definition) is 1. The molecule has 0 aromatic heterocycles. The SMILES string of the molecule is COc1cc(C(C)=O)ccc1SCCCCCO. The van der Waals surface area contributed by atoms with Crippen LogP contribution in [-0.4, -0.2) is 30.4 Å². The Bertz CT molecular complexity index is 391. The fraction of sp³-hybridized carbons (Fsp3) is 0.500. The summed E-state index contributed by atoms with van der Waals surface area (Å²) in [6.07, 6.45) is 2.97. The van der Waals surface area contributed by atoms with E-state index in [-0.39, 0.29) is 12.4 Å². The second-order valence-corrected chi connectivity index (χ2v) is 5.19. The summed E-state index contributed by atoms with van der Waals surface area (Å²) in [5, 5.41) is 8.69. The van der Waals surface area contributed by atoms with Gasteiger partial charge in [0.05, 0.1) is 7.11 Å². The van der Waals surface area contributed by atoms with Gasteiger partial charge in [-0.1, -0.05) is 12.5 Å². The van der Waals surface area contributed by atoms with Crippen LogP contribution in [0.15, 0.2) is 23.1 Å². The predicted molar refractivity (Wildman–Crippen MR) is 74.7 cm³/mol. The molecule has 0 unspecified atom stereocenters. The third-order valence-electron chi connectivity index (χ3n) is 2.63. The van der Waals surface area contributed by atoms with Crippen molar-refractivity contribution in [3.63, 3.8) is 0 Å². The first-order valence-electron chi connectivity index (χ1n) is 6.11. The number of thioether (sulfide) groups is 1. The number of ether oxygens (including phenoxy) is 1. The minimum Gasteiger partial charge on any atom is -0.496 e. The quantitative estimate of drug-likeness (QED) is 0.447. The van der Waals surface area contributed by atoms with Gasteiger partial charge in [-0.2, -0.15) is 0 Å². The Morgan fingerprint density at radius 2 is 2.11 bits per heavy atom. The molecule has 1 rings (SSSR count). The molecule has 0 aliphatic heterocycles. The molecule has 0 bridgehead atoms. The molecule has 0 aliphatic carbocycles. The van der Waals surface area contributed by atoms with Crippen molar-refractivity contribution in [3.8, 4) is 5.75 Å². The minimum absolute atomic E-state index is 0.0489. The Morgan fingerprint density at radius 3 is 2.72 bits per heavy atom. The normalized spacial score (nSPS) is 10.4. The molecule has 4 heteroatoms. The molecule has 0 aliphatic rings. The van der Waals surface area contributed by atoms with Crippen molar-refractivity contribution < 1.29 is 14.6 Å². The highest BCUT2D eigenvalue weighted by molar-refractivity contribution is 7.99. The third kappa shape index (κ3) is 4.70. The maximum absolute atomic E-state index is 11.3. The molecule has 1 N–H and O–H groups in total. The van der Waals surface area contributed by atoms with E-state index in [0.29, 0.717) is 5.56 Å². The summed E-state index contributed by atoms with van der Waals surface area (Å²) in [4.78, 5) is 12.3. The van der Waals surface area contributed by atoms with E-state index in [0.717, 1.165) is 35.7 Å². The maximum atomic E-state index is 11.3. The van der Waals surface area contributed by atoms with Crippen LogP contribution in [0.1, 0.15) is 36.5 Å². The van der Waals surface area contributed by atoms with Crippen LogP contribution in [0.3, 0.4) is 0 Å². The van der Waals surface area contributed by atoms with E-state index in [1.54, 1.807) is 31.9 Å². The van der Waals surface area contributed by atoms with Crippen LogP contribution < -0.4 is 4.74 Å². The van der Waals surface area contributed by atoms with Gasteiger partial charge in [0.15, 0.2) is 5.78 Å². The van der Waals surface area contributed by atoms with Crippen LogP contribution in [0.5, 0.6) is 5.75 Å². The van der Waals surface area contributed by atoms with Crippen molar-refractivity contribution in [1.29, 1.82) is 0 Å². The number of aliphatic hydroxyl groups excluding tert-OH is 1. The molecule has 0 spiro atoms. The lowest BCUT2D eigenvalue weighted by Crippen LogP contribution is -1.95. The number of methoxy groups -OCH3 is 1. The lowest BCUT2D eigenvalue weighted by molar-refractivity contribution is 0.101. The highest BCUT2D eigenvalue weighted by Crippen LogP contribution is 2.31. The largest absolute Gasteiger partial charge is 0.496 e. The number of aliphatic hydroxyl groups is 1. The summed E-state index contributed by atoms with van der Waals surface area (Å²) in [6.45, 7) is 1.82. The van der Waals surface area contributed by atoms with Crippen molar-refractivity contribution in [3.05, 3.63) is 23.8 Å². The van der Waals surface area contributed by atoms with Gasteiger partial charge in [-0.25, -0.2) is 0 Å². The first-order valence-corrected chi connectivity index (χ1v) is 7.10. The molecule has 0 radical (unpaired) electrons. The smallest absolute Gasteiger partial charge is 0.159 e. The predicted octanol–water partition coefficient (Wildman–Crippen LogP) is 3.15. The molecule has 0 amide bonds. The van der Waals surface area contributed by atoms with E-state index in [2.05, 4.69) is 0 Å². The number of carbonyl (C=O) groups excluding carboxylic acids is 1. The molecular formula is C14H20O3S. The van der Waals surface area contributed by atoms with Crippen LogP contribution in [0.25, 0.3) is 0 Å². The Balaban J connectivity index is 2.57. The summed E-state index contributed by atoms with van der Waals surface area (Å²) in [6, 6.07) is 5.56. The summed E-state index contributed by atoms with van der Waals surface area (Å²) < 4.78 is 5.30. The monoisotopic (exact) mass is 268 g/mol. The Labute approximate surface area is 113 Å². The molecule has 1 aromatic carbocycles. The first kappa shape index (κ1) is 15.1. The highest BCUT2D eigenvalue weighted by Gasteiger charge is 2.07. The molecule has 0 saturated carbocycles. The van der Waals surface area contributed by atoms with Crippen LogP contribution in [0.4, 0.5) is 0 Å². The van der Waals surface area contributed by atoms with Gasteiger partial charge in [-0.3, -0.25) is 4.79 Å².